The summed E-state index contributed by atoms with van der Waals surface area (Å²) in [6.45, 7) is 9.23. The summed E-state index contributed by atoms with van der Waals surface area (Å²) >= 11 is 0. The normalized spacial score (nSPS) is 10.8. The molecule has 0 spiro atoms. The molecule has 29 heavy (non-hydrogen) atoms. The van der Waals surface area contributed by atoms with Gasteiger partial charge in [-0.25, -0.2) is 0 Å². The third-order valence-electron chi connectivity index (χ3n) is 4.34. The van der Waals surface area contributed by atoms with Crippen LogP contribution in [0.1, 0.15) is 39.7 Å². The van der Waals surface area contributed by atoms with Crippen LogP contribution in [0.25, 0.3) is 0 Å². The summed E-state index contributed by atoms with van der Waals surface area (Å²) < 4.78 is 5.63. The van der Waals surface area contributed by atoms with Crippen molar-refractivity contribution in [3.63, 3.8) is 0 Å². The van der Waals surface area contributed by atoms with Gasteiger partial charge >= 0.3 is 0 Å². The largest absolute Gasteiger partial charge is 0.491 e. The Morgan fingerprint density at radius 2 is 1.83 bits per heavy atom. The van der Waals surface area contributed by atoms with E-state index in [4.69, 9.17) is 15.9 Å². The second kappa shape index (κ2) is 10.5. The van der Waals surface area contributed by atoms with Crippen LogP contribution in [0.15, 0.2) is 48.5 Å². The number of carbonyl (C=O) groups excluding carboxylic acids is 1. The fraction of sp³-hybridized carbons (Fsp3) is 0.391. The lowest BCUT2D eigenvalue weighted by Crippen LogP contribution is -2.34. The van der Waals surface area contributed by atoms with Crippen LogP contribution in [0, 0.1) is 11.3 Å². The van der Waals surface area contributed by atoms with Gasteiger partial charge in [0.1, 0.15) is 11.6 Å². The van der Waals surface area contributed by atoms with Crippen LogP contribution in [0.3, 0.4) is 0 Å². The molecular weight excluding hydrogens is 364 g/mol. The summed E-state index contributed by atoms with van der Waals surface area (Å²) in [4.78, 5) is 14.7. The van der Waals surface area contributed by atoms with E-state index in [9.17, 15) is 4.79 Å². The van der Waals surface area contributed by atoms with Crippen LogP contribution >= 0.6 is 0 Å². The molecular formula is C23H32N4O2. The van der Waals surface area contributed by atoms with E-state index >= 15 is 0 Å². The molecule has 0 saturated carbocycles. The summed E-state index contributed by atoms with van der Waals surface area (Å²) in [5, 5.41) is 10.6. The summed E-state index contributed by atoms with van der Waals surface area (Å²) in [6.07, 6.45) is 1.06. The standard InChI is InChI=1S/C23H32N4O2/c1-16(2)12-13-27(20-7-5-6-18(14-20)23(24)25)15-22(28)26-19-8-10-21(11-9-19)29-17(3)4/h5-11,14,16-17H,12-13,15H2,1-4H3,(H3,24,25)(H,26,28). The number of amides is 1. The Bertz CT molecular complexity index is 816. The van der Waals surface area contributed by atoms with E-state index in [-0.39, 0.29) is 24.4 Å². The summed E-state index contributed by atoms with van der Waals surface area (Å²) in [5.41, 5.74) is 7.89. The first kappa shape index (κ1) is 22.3. The molecule has 0 atom stereocenters. The number of nitrogens with two attached hydrogens (primary N) is 1. The average molecular weight is 397 g/mol. The molecule has 0 fully saturated rings. The van der Waals surface area contributed by atoms with Gasteiger partial charge in [-0.15, -0.1) is 0 Å². The molecule has 0 aromatic heterocycles. The fourth-order valence-electron chi connectivity index (χ4n) is 2.85. The first-order chi connectivity index (χ1) is 13.7. The van der Waals surface area contributed by atoms with E-state index in [0.717, 1.165) is 30.1 Å². The summed E-state index contributed by atoms with van der Waals surface area (Å²) in [5.74, 6) is 1.21. The molecule has 4 N–H and O–H groups in total. The SMILES string of the molecule is CC(C)CCN(CC(=O)Nc1ccc(OC(C)C)cc1)c1cccc(C(=N)N)c1. The van der Waals surface area contributed by atoms with Crippen LogP contribution in [0.4, 0.5) is 11.4 Å². The van der Waals surface area contributed by atoms with Crippen molar-refractivity contribution < 1.29 is 9.53 Å². The van der Waals surface area contributed by atoms with Crippen LogP contribution < -0.4 is 20.7 Å². The number of amidine groups is 1. The lowest BCUT2D eigenvalue weighted by atomic mass is 10.1. The van der Waals surface area contributed by atoms with E-state index in [1.165, 1.54) is 0 Å². The average Bonchev–Trinajstić information content (AvgIpc) is 2.66. The molecule has 6 heteroatoms. The second-order valence-corrected chi connectivity index (χ2v) is 7.81. The van der Waals surface area contributed by atoms with Crippen molar-refractivity contribution >= 4 is 23.1 Å². The Hall–Kier alpha value is -3.02. The number of anilines is 2. The number of carbonyl (C=O) groups is 1. The molecule has 6 nitrogen and oxygen atoms in total. The van der Waals surface area contributed by atoms with Gasteiger partial charge in [0.2, 0.25) is 5.91 Å². The molecule has 0 aliphatic heterocycles. The maximum Gasteiger partial charge on any atom is 0.243 e. The van der Waals surface area contributed by atoms with Crippen LogP contribution in [-0.4, -0.2) is 30.9 Å². The molecule has 2 aromatic carbocycles. The van der Waals surface area contributed by atoms with Crippen LogP contribution in [0.2, 0.25) is 0 Å². The summed E-state index contributed by atoms with van der Waals surface area (Å²) in [6, 6.07) is 14.8. The minimum absolute atomic E-state index is 0.0174. The monoisotopic (exact) mass is 396 g/mol. The summed E-state index contributed by atoms with van der Waals surface area (Å²) in [7, 11) is 0. The molecule has 0 aliphatic rings. The number of rotatable bonds is 10. The highest BCUT2D eigenvalue weighted by molar-refractivity contribution is 5.97. The van der Waals surface area contributed by atoms with Gasteiger partial charge in [-0.05, 0) is 62.6 Å². The quantitative estimate of drug-likeness (QED) is 0.414. The maximum atomic E-state index is 12.7. The third-order valence-corrected chi connectivity index (χ3v) is 4.34. The van der Waals surface area contributed by atoms with Crippen molar-refractivity contribution in [3.05, 3.63) is 54.1 Å². The molecule has 0 bridgehead atoms. The predicted octanol–water partition coefficient (Wildman–Crippen LogP) is 4.25. The molecule has 2 aromatic rings. The second-order valence-electron chi connectivity index (χ2n) is 7.81. The molecule has 1 amide bonds. The Kier molecular flexibility index (Phi) is 8.07. The molecule has 2 rings (SSSR count). The van der Waals surface area contributed by atoms with Gasteiger partial charge in [0.05, 0.1) is 12.6 Å². The maximum absolute atomic E-state index is 12.7. The minimum Gasteiger partial charge on any atom is -0.491 e. The van der Waals surface area contributed by atoms with E-state index in [1.54, 1.807) is 6.07 Å². The number of nitrogen functional groups attached to an aromatic ring is 1. The number of hydrogen-bond acceptors (Lipinski definition) is 4. The lowest BCUT2D eigenvalue weighted by Gasteiger charge is -2.25. The number of nitrogens with one attached hydrogen (secondary N) is 2. The van der Waals surface area contributed by atoms with Crippen LogP contribution in [0.5, 0.6) is 5.75 Å². The Labute approximate surface area is 173 Å². The van der Waals surface area contributed by atoms with Gasteiger partial charge in [-0.3, -0.25) is 10.2 Å². The van der Waals surface area contributed by atoms with E-state index < -0.39 is 0 Å². The number of hydrogen-bond donors (Lipinski definition) is 3. The van der Waals surface area contributed by atoms with Crippen molar-refractivity contribution in [1.29, 1.82) is 5.41 Å². The van der Waals surface area contributed by atoms with Gasteiger partial charge in [-0.2, -0.15) is 0 Å². The fourth-order valence-corrected chi connectivity index (χ4v) is 2.85. The van der Waals surface area contributed by atoms with E-state index in [1.807, 2.05) is 61.2 Å². The molecule has 0 aliphatic carbocycles. The molecule has 0 radical (unpaired) electrons. The Morgan fingerprint density at radius 1 is 1.14 bits per heavy atom. The smallest absolute Gasteiger partial charge is 0.243 e. The zero-order valence-electron chi connectivity index (χ0n) is 17.7. The van der Waals surface area contributed by atoms with Gasteiger partial charge < -0.3 is 20.7 Å². The van der Waals surface area contributed by atoms with Gasteiger partial charge in [0, 0.05) is 23.5 Å². The number of benzene rings is 2. The molecule has 0 heterocycles. The van der Waals surface area contributed by atoms with Gasteiger partial charge in [-0.1, -0.05) is 26.0 Å². The molecule has 0 saturated heterocycles. The predicted molar refractivity (Wildman–Crippen MR) is 120 cm³/mol. The minimum atomic E-state index is -0.0977. The van der Waals surface area contributed by atoms with Crippen molar-refractivity contribution in [2.45, 2.75) is 40.2 Å². The number of ether oxygens (including phenoxy) is 1. The Balaban J connectivity index is 2.08. The first-order valence-electron chi connectivity index (χ1n) is 10.0. The van der Waals surface area contributed by atoms with Gasteiger partial charge in [0.15, 0.2) is 0 Å². The van der Waals surface area contributed by atoms with E-state index in [2.05, 4.69) is 19.2 Å². The highest BCUT2D eigenvalue weighted by Gasteiger charge is 2.14. The zero-order valence-corrected chi connectivity index (χ0v) is 17.7. The topological polar surface area (TPSA) is 91.4 Å². The van der Waals surface area contributed by atoms with Gasteiger partial charge in [0.25, 0.3) is 0 Å². The number of nitrogens with zero attached hydrogens (tertiary/aromatic N) is 1. The van der Waals surface area contributed by atoms with Crippen molar-refractivity contribution in [2.75, 3.05) is 23.3 Å². The van der Waals surface area contributed by atoms with Crippen molar-refractivity contribution in [3.8, 4) is 5.75 Å². The lowest BCUT2D eigenvalue weighted by molar-refractivity contribution is -0.115. The zero-order chi connectivity index (χ0) is 21.4. The highest BCUT2D eigenvalue weighted by Crippen LogP contribution is 2.19. The highest BCUT2D eigenvalue weighted by atomic mass is 16.5. The van der Waals surface area contributed by atoms with E-state index in [0.29, 0.717) is 11.5 Å². The molecule has 0 unspecified atom stereocenters. The van der Waals surface area contributed by atoms with Crippen molar-refractivity contribution in [2.24, 2.45) is 11.7 Å². The van der Waals surface area contributed by atoms with Crippen molar-refractivity contribution in [1.82, 2.24) is 0 Å². The molecule has 156 valence electrons. The third kappa shape index (κ3) is 7.49. The van der Waals surface area contributed by atoms with Crippen LogP contribution in [-0.2, 0) is 4.79 Å². The Morgan fingerprint density at radius 3 is 2.41 bits per heavy atom. The first-order valence-corrected chi connectivity index (χ1v) is 10.0.